The summed E-state index contributed by atoms with van der Waals surface area (Å²) in [5.74, 6) is 1.40. The first kappa shape index (κ1) is 27.8. The molecule has 2 aromatic carbocycles. The maximum atomic E-state index is 13.4. The Morgan fingerprint density at radius 3 is 2.34 bits per heavy atom. The van der Waals surface area contributed by atoms with Crippen LogP contribution in [0, 0.1) is 5.41 Å². The van der Waals surface area contributed by atoms with Gasteiger partial charge in [-0.3, -0.25) is 4.79 Å². The molecule has 0 radical (unpaired) electrons. The van der Waals surface area contributed by atoms with E-state index in [-0.39, 0.29) is 12.5 Å². The van der Waals surface area contributed by atoms with E-state index in [9.17, 15) is 4.79 Å². The zero-order valence-electron chi connectivity index (χ0n) is 21.3. The third-order valence-electron chi connectivity index (χ3n) is 5.81. The first-order chi connectivity index (χ1) is 18.1. The molecule has 4 aromatic rings. The van der Waals surface area contributed by atoms with Crippen molar-refractivity contribution in [2.75, 3.05) is 10.6 Å². The molecule has 2 aromatic heterocycles. The second-order valence-electron chi connectivity index (χ2n) is 9.91. The van der Waals surface area contributed by atoms with E-state index in [1.165, 1.54) is 0 Å². The van der Waals surface area contributed by atoms with Gasteiger partial charge in [0.05, 0.1) is 0 Å². The summed E-state index contributed by atoms with van der Waals surface area (Å²) in [6.45, 7) is 6.73. The van der Waals surface area contributed by atoms with Crippen molar-refractivity contribution < 1.29 is 4.79 Å². The maximum Gasteiger partial charge on any atom is 0.243 e. The minimum Gasteiger partial charge on any atom is -0.358 e. The molecule has 198 valence electrons. The quantitative estimate of drug-likeness (QED) is 0.202. The minimum absolute atomic E-state index is 0.182. The summed E-state index contributed by atoms with van der Waals surface area (Å²) in [4.78, 5) is 22.7. The van der Waals surface area contributed by atoms with Crippen molar-refractivity contribution in [1.82, 2.24) is 19.9 Å². The lowest BCUT2D eigenvalue weighted by Crippen LogP contribution is -2.47. The molecule has 0 unspecified atom stereocenters. The monoisotopic (exact) mass is 570 g/mol. The number of aromatic nitrogens is 3. The Hall–Kier alpha value is -3.26. The molecule has 0 bridgehead atoms. The summed E-state index contributed by atoms with van der Waals surface area (Å²) in [6, 6.07) is 17.8. The average Bonchev–Trinajstić information content (AvgIpc) is 3.40. The van der Waals surface area contributed by atoms with E-state index in [0.717, 1.165) is 11.1 Å². The van der Waals surface area contributed by atoms with Gasteiger partial charge >= 0.3 is 0 Å². The number of nitrogens with one attached hydrogen (secondary N) is 3. The van der Waals surface area contributed by atoms with Crippen LogP contribution in [0.3, 0.4) is 0 Å². The number of halogens is 3. The molecule has 7 nitrogen and oxygen atoms in total. The van der Waals surface area contributed by atoms with Gasteiger partial charge in [-0.2, -0.15) is 9.97 Å². The number of rotatable bonds is 9. The predicted molar refractivity (Wildman–Crippen MR) is 155 cm³/mol. The van der Waals surface area contributed by atoms with Gasteiger partial charge in [0.15, 0.2) is 0 Å². The van der Waals surface area contributed by atoms with Crippen LogP contribution in [0.25, 0.3) is 5.82 Å². The summed E-state index contributed by atoms with van der Waals surface area (Å²) in [5, 5.41) is 11.3. The molecule has 0 aliphatic heterocycles. The number of benzene rings is 2. The summed E-state index contributed by atoms with van der Waals surface area (Å²) >= 11 is 18.4. The third kappa shape index (κ3) is 7.40. The van der Waals surface area contributed by atoms with Gasteiger partial charge in [0, 0.05) is 46.6 Å². The number of amides is 1. The zero-order chi connectivity index (χ0) is 27.3. The lowest BCUT2D eigenvalue weighted by Gasteiger charge is -2.31. The molecule has 0 saturated heterocycles. The second kappa shape index (κ2) is 12.1. The Bertz CT molecular complexity index is 1400. The fourth-order valence-corrected chi connectivity index (χ4v) is 4.50. The van der Waals surface area contributed by atoms with E-state index in [4.69, 9.17) is 34.8 Å². The van der Waals surface area contributed by atoms with Gasteiger partial charge in [0.1, 0.15) is 17.7 Å². The molecule has 0 saturated carbocycles. The molecular weight excluding hydrogens is 543 g/mol. The highest BCUT2D eigenvalue weighted by Crippen LogP contribution is 2.26. The standard InChI is InChI=1S/C28H29Cl3N6O/c1-28(2,3)25(26(38)32-17-19-9-10-21(30)14-22(19)31)34-23-15-24(37-11-4-5-12-37)36-27(35-23)33-16-18-7-6-8-20(29)13-18/h4-15,25H,16-17H2,1-3H3,(H,32,38)(H2,33,34,35,36)/t25-/m0/s1. The van der Waals surface area contributed by atoms with Gasteiger partial charge < -0.3 is 20.5 Å². The highest BCUT2D eigenvalue weighted by atomic mass is 35.5. The molecule has 10 heteroatoms. The predicted octanol–water partition coefficient (Wildman–Crippen LogP) is 6.98. The van der Waals surface area contributed by atoms with E-state index in [1.807, 2.05) is 80.2 Å². The molecule has 4 rings (SSSR count). The normalized spacial score (nSPS) is 12.2. The highest BCUT2D eigenvalue weighted by molar-refractivity contribution is 6.35. The third-order valence-corrected chi connectivity index (χ3v) is 6.63. The molecule has 0 spiro atoms. The summed E-state index contributed by atoms with van der Waals surface area (Å²) < 4.78 is 1.88. The maximum absolute atomic E-state index is 13.4. The first-order valence-corrected chi connectivity index (χ1v) is 13.2. The van der Waals surface area contributed by atoms with Crippen LogP contribution in [-0.4, -0.2) is 26.5 Å². The van der Waals surface area contributed by atoms with Crippen molar-refractivity contribution in [2.24, 2.45) is 5.41 Å². The summed E-state index contributed by atoms with van der Waals surface area (Å²) in [6.07, 6.45) is 3.80. The Balaban J connectivity index is 1.56. The van der Waals surface area contributed by atoms with Crippen LogP contribution < -0.4 is 16.0 Å². The number of carbonyl (C=O) groups is 1. The van der Waals surface area contributed by atoms with Gasteiger partial charge in [-0.05, 0) is 52.9 Å². The Morgan fingerprint density at radius 2 is 1.66 bits per heavy atom. The number of hydrogen-bond donors (Lipinski definition) is 3. The fourth-order valence-electron chi connectivity index (χ4n) is 3.81. The van der Waals surface area contributed by atoms with Crippen molar-refractivity contribution in [1.29, 1.82) is 0 Å². The van der Waals surface area contributed by atoms with E-state index in [1.54, 1.807) is 18.2 Å². The lowest BCUT2D eigenvalue weighted by atomic mass is 9.86. The van der Waals surface area contributed by atoms with E-state index >= 15 is 0 Å². The van der Waals surface area contributed by atoms with Crippen LogP contribution in [-0.2, 0) is 17.9 Å². The van der Waals surface area contributed by atoms with Crippen molar-refractivity contribution in [3.8, 4) is 5.82 Å². The van der Waals surface area contributed by atoms with Crippen molar-refractivity contribution in [3.63, 3.8) is 0 Å². The van der Waals surface area contributed by atoms with Crippen LogP contribution in [0.4, 0.5) is 11.8 Å². The largest absolute Gasteiger partial charge is 0.358 e. The Morgan fingerprint density at radius 1 is 0.921 bits per heavy atom. The van der Waals surface area contributed by atoms with Crippen molar-refractivity contribution >= 4 is 52.5 Å². The molecule has 38 heavy (non-hydrogen) atoms. The molecule has 3 N–H and O–H groups in total. The SMILES string of the molecule is CC(C)(C)[C@@H](Nc1cc(-n2cccc2)nc(NCc2cccc(Cl)c2)n1)C(=O)NCc1ccc(Cl)cc1Cl. The van der Waals surface area contributed by atoms with Gasteiger partial charge in [-0.1, -0.05) is 73.8 Å². The van der Waals surface area contributed by atoms with Gasteiger partial charge in [-0.25, -0.2) is 0 Å². The average molecular weight is 572 g/mol. The highest BCUT2D eigenvalue weighted by Gasteiger charge is 2.32. The number of nitrogens with zero attached hydrogens (tertiary/aromatic N) is 3. The molecule has 2 heterocycles. The summed E-state index contributed by atoms with van der Waals surface area (Å²) in [5.41, 5.74) is 1.34. The number of carbonyl (C=O) groups excluding carboxylic acids is 1. The number of hydrogen-bond acceptors (Lipinski definition) is 5. The molecule has 1 amide bonds. The van der Waals surface area contributed by atoms with Crippen LogP contribution >= 0.6 is 34.8 Å². The molecular formula is C28H29Cl3N6O. The zero-order valence-corrected chi connectivity index (χ0v) is 23.6. The first-order valence-electron chi connectivity index (χ1n) is 12.1. The topological polar surface area (TPSA) is 83.9 Å². The Kier molecular flexibility index (Phi) is 8.82. The van der Waals surface area contributed by atoms with Crippen LogP contribution in [0.5, 0.6) is 0 Å². The van der Waals surface area contributed by atoms with Gasteiger partial charge in [0.2, 0.25) is 11.9 Å². The molecule has 0 fully saturated rings. The van der Waals surface area contributed by atoms with Crippen LogP contribution in [0.2, 0.25) is 15.1 Å². The lowest BCUT2D eigenvalue weighted by molar-refractivity contribution is -0.124. The fraction of sp³-hybridized carbons (Fsp3) is 0.250. The smallest absolute Gasteiger partial charge is 0.243 e. The molecule has 1 atom stereocenters. The van der Waals surface area contributed by atoms with Crippen molar-refractivity contribution in [2.45, 2.75) is 39.9 Å². The molecule has 0 aliphatic carbocycles. The van der Waals surface area contributed by atoms with Crippen LogP contribution in [0.1, 0.15) is 31.9 Å². The van der Waals surface area contributed by atoms with Crippen LogP contribution in [0.15, 0.2) is 73.1 Å². The van der Waals surface area contributed by atoms with Crippen molar-refractivity contribution in [3.05, 3.63) is 99.3 Å². The Labute approximate surface area is 237 Å². The summed E-state index contributed by atoms with van der Waals surface area (Å²) in [7, 11) is 0. The van der Waals surface area contributed by atoms with E-state index in [0.29, 0.717) is 39.2 Å². The second-order valence-corrected chi connectivity index (χ2v) is 11.2. The minimum atomic E-state index is -0.596. The molecule has 0 aliphatic rings. The van der Waals surface area contributed by atoms with Gasteiger partial charge in [-0.15, -0.1) is 0 Å². The van der Waals surface area contributed by atoms with E-state index in [2.05, 4.69) is 25.9 Å². The van der Waals surface area contributed by atoms with Gasteiger partial charge in [0.25, 0.3) is 0 Å². The van der Waals surface area contributed by atoms with E-state index < -0.39 is 11.5 Å². The number of anilines is 2.